The molecule has 1 aliphatic rings. The summed E-state index contributed by atoms with van der Waals surface area (Å²) in [6, 6.07) is 5.80. The predicted octanol–water partition coefficient (Wildman–Crippen LogP) is 1.80. The van der Waals surface area contributed by atoms with Gasteiger partial charge in [0.1, 0.15) is 0 Å². The minimum atomic E-state index is 0.0430. The van der Waals surface area contributed by atoms with Crippen molar-refractivity contribution in [2.24, 2.45) is 0 Å². The number of piperazine rings is 1. The van der Waals surface area contributed by atoms with E-state index in [1.165, 1.54) is 6.54 Å². The van der Waals surface area contributed by atoms with Crippen LogP contribution in [-0.2, 0) is 4.79 Å². The number of quaternary nitrogens is 1. The molecule has 116 valence electrons. The highest BCUT2D eigenvalue weighted by molar-refractivity contribution is 6.33. The van der Waals surface area contributed by atoms with Crippen molar-refractivity contribution in [3.05, 3.63) is 23.2 Å². The zero-order valence-corrected chi connectivity index (χ0v) is 13.7. The van der Waals surface area contributed by atoms with E-state index in [1.807, 2.05) is 25.1 Å². The number of likely N-dealkylation sites (N-methyl/N-ethyl adjacent to an activating group) is 1. The number of nitrogens with zero attached hydrogens (tertiary/aromatic N) is 1. The maximum Gasteiger partial charge on any atom is 0.224 e. The van der Waals surface area contributed by atoms with Gasteiger partial charge in [-0.1, -0.05) is 18.5 Å². The second-order valence-corrected chi connectivity index (χ2v) is 5.96. The molecule has 0 spiro atoms. The first-order chi connectivity index (χ1) is 10.1. The number of benzene rings is 1. The molecule has 1 amide bonds. The lowest BCUT2D eigenvalue weighted by Crippen LogP contribution is -3.14. The Hall–Kier alpha value is -1.26. The van der Waals surface area contributed by atoms with Gasteiger partial charge in [0.25, 0.3) is 0 Å². The average Bonchev–Trinajstić information content (AvgIpc) is 2.48. The molecule has 1 aliphatic heterocycles. The number of carbonyl (C=O) groups is 1. The van der Waals surface area contributed by atoms with Gasteiger partial charge in [0.15, 0.2) is 0 Å². The molecular formula is C16H25ClN3O+. The second-order valence-electron chi connectivity index (χ2n) is 5.55. The van der Waals surface area contributed by atoms with E-state index in [4.69, 9.17) is 11.6 Å². The molecule has 0 atom stereocenters. The minimum absolute atomic E-state index is 0.0430. The van der Waals surface area contributed by atoms with E-state index in [-0.39, 0.29) is 5.91 Å². The summed E-state index contributed by atoms with van der Waals surface area (Å²) in [5, 5.41) is 3.60. The molecule has 1 heterocycles. The Kier molecular flexibility index (Phi) is 5.88. The molecule has 1 aromatic carbocycles. The first-order valence-corrected chi connectivity index (χ1v) is 8.19. The maximum absolute atomic E-state index is 11.6. The van der Waals surface area contributed by atoms with Gasteiger partial charge in [0, 0.05) is 12.1 Å². The Morgan fingerprint density at radius 3 is 2.62 bits per heavy atom. The first kappa shape index (κ1) is 16.1. The van der Waals surface area contributed by atoms with Crippen LogP contribution < -0.4 is 15.1 Å². The van der Waals surface area contributed by atoms with Crippen LogP contribution >= 0.6 is 11.6 Å². The molecule has 5 heteroatoms. The van der Waals surface area contributed by atoms with Crippen LogP contribution in [0.25, 0.3) is 0 Å². The summed E-state index contributed by atoms with van der Waals surface area (Å²) in [5.41, 5.74) is 1.85. The number of carbonyl (C=O) groups excluding carboxylic acids is 1. The van der Waals surface area contributed by atoms with Crippen molar-refractivity contribution in [3.8, 4) is 0 Å². The Labute approximate surface area is 132 Å². The van der Waals surface area contributed by atoms with Gasteiger partial charge in [-0.25, -0.2) is 0 Å². The SMILES string of the molecule is CCCC(=O)Nc1ccc(N2CC[NH+](CC)CC2)c(Cl)c1. The van der Waals surface area contributed by atoms with Crippen molar-refractivity contribution in [1.29, 1.82) is 0 Å². The van der Waals surface area contributed by atoms with Gasteiger partial charge >= 0.3 is 0 Å². The van der Waals surface area contributed by atoms with Crippen LogP contribution in [-0.4, -0.2) is 38.6 Å². The summed E-state index contributed by atoms with van der Waals surface area (Å²) in [5.74, 6) is 0.0430. The number of rotatable bonds is 5. The molecule has 1 saturated heterocycles. The third-order valence-electron chi connectivity index (χ3n) is 4.02. The van der Waals surface area contributed by atoms with Crippen LogP contribution in [0.1, 0.15) is 26.7 Å². The normalized spacial score (nSPS) is 16.0. The molecule has 21 heavy (non-hydrogen) atoms. The average molecular weight is 311 g/mol. The quantitative estimate of drug-likeness (QED) is 0.870. The van der Waals surface area contributed by atoms with E-state index in [2.05, 4.69) is 17.1 Å². The van der Waals surface area contributed by atoms with Crippen LogP contribution in [0.4, 0.5) is 11.4 Å². The van der Waals surface area contributed by atoms with E-state index in [9.17, 15) is 4.79 Å². The van der Waals surface area contributed by atoms with Gasteiger partial charge in [-0.15, -0.1) is 0 Å². The Morgan fingerprint density at radius 2 is 2.05 bits per heavy atom. The lowest BCUT2D eigenvalue weighted by Gasteiger charge is -2.33. The summed E-state index contributed by atoms with van der Waals surface area (Å²) >= 11 is 6.39. The highest BCUT2D eigenvalue weighted by Gasteiger charge is 2.20. The van der Waals surface area contributed by atoms with Crippen molar-refractivity contribution < 1.29 is 9.69 Å². The molecule has 0 aliphatic carbocycles. The van der Waals surface area contributed by atoms with Crippen LogP contribution in [0.3, 0.4) is 0 Å². The summed E-state index contributed by atoms with van der Waals surface area (Å²) in [4.78, 5) is 15.6. The fourth-order valence-electron chi connectivity index (χ4n) is 2.71. The topological polar surface area (TPSA) is 36.8 Å². The number of amides is 1. The van der Waals surface area contributed by atoms with E-state index in [0.717, 1.165) is 44.0 Å². The Bertz CT molecular complexity index is 484. The van der Waals surface area contributed by atoms with E-state index in [0.29, 0.717) is 11.4 Å². The van der Waals surface area contributed by atoms with Crippen LogP contribution in [0.2, 0.25) is 5.02 Å². The smallest absolute Gasteiger partial charge is 0.224 e. The Balaban J connectivity index is 2.01. The number of hydrogen-bond acceptors (Lipinski definition) is 2. The second kappa shape index (κ2) is 7.66. The molecule has 1 fully saturated rings. The number of halogens is 1. The fourth-order valence-corrected chi connectivity index (χ4v) is 3.01. The number of hydrogen-bond donors (Lipinski definition) is 2. The zero-order valence-electron chi connectivity index (χ0n) is 12.9. The highest BCUT2D eigenvalue weighted by Crippen LogP contribution is 2.29. The monoisotopic (exact) mass is 310 g/mol. The van der Waals surface area contributed by atoms with Gasteiger partial charge in [-0.05, 0) is 31.5 Å². The van der Waals surface area contributed by atoms with Crippen LogP contribution in [0.5, 0.6) is 0 Å². The zero-order chi connectivity index (χ0) is 15.2. The number of nitrogens with one attached hydrogen (secondary N) is 2. The Morgan fingerprint density at radius 1 is 1.33 bits per heavy atom. The van der Waals surface area contributed by atoms with Crippen molar-refractivity contribution in [1.82, 2.24) is 0 Å². The number of anilines is 2. The largest absolute Gasteiger partial charge is 0.359 e. The summed E-state index contributed by atoms with van der Waals surface area (Å²) in [7, 11) is 0. The van der Waals surface area contributed by atoms with Crippen molar-refractivity contribution in [2.75, 3.05) is 42.9 Å². The summed E-state index contributed by atoms with van der Waals surface area (Å²) < 4.78 is 0. The van der Waals surface area contributed by atoms with Gasteiger partial charge in [0.2, 0.25) is 5.91 Å². The lowest BCUT2D eigenvalue weighted by molar-refractivity contribution is -0.898. The van der Waals surface area contributed by atoms with Gasteiger partial charge in [-0.2, -0.15) is 0 Å². The van der Waals surface area contributed by atoms with Crippen LogP contribution in [0.15, 0.2) is 18.2 Å². The molecule has 0 bridgehead atoms. The first-order valence-electron chi connectivity index (χ1n) is 7.82. The molecule has 1 aromatic rings. The van der Waals surface area contributed by atoms with Crippen molar-refractivity contribution in [2.45, 2.75) is 26.7 Å². The molecule has 0 aromatic heterocycles. The molecule has 0 unspecified atom stereocenters. The van der Waals surface area contributed by atoms with Gasteiger partial charge < -0.3 is 15.1 Å². The van der Waals surface area contributed by atoms with E-state index < -0.39 is 0 Å². The van der Waals surface area contributed by atoms with E-state index >= 15 is 0 Å². The molecular weight excluding hydrogens is 286 g/mol. The third kappa shape index (κ3) is 4.35. The third-order valence-corrected chi connectivity index (χ3v) is 4.32. The molecule has 0 radical (unpaired) electrons. The van der Waals surface area contributed by atoms with Crippen molar-refractivity contribution >= 4 is 28.9 Å². The van der Waals surface area contributed by atoms with Crippen molar-refractivity contribution in [3.63, 3.8) is 0 Å². The highest BCUT2D eigenvalue weighted by atomic mass is 35.5. The standard InChI is InChI=1S/C16H24ClN3O/c1-3-5-16(21)18-13-6-7-15(14(17)12-13)20-10-8-19(4-2)9-11-20/h6-7,12H,3-5,8-11H2,1-2H3,(H,18,21)/p+1. The summed E-state index contributed by atoms with van der Waals surface area (Å²) in [6.45, 7) is 9.78. The molecule has 2 N–H and O–H groups in total. The predicted molar refractivity (Wildman–Crippen MR) is 88.4 cm³/mol. The van der Waals surface area contributed by atoms with E-state index in [1.54, 1.807) is 4.90 Å². The fraction of sp³-hybridized carbons (Fsp3) is 0.562. The summed E-state index contributed by atoms with van der Waals surface area (Å²) in [6.07, 6.45) is 1.39. The lowest BCUT2D eigenvalue weighted by atomic mass is 10.2. The maximum atomic E-state index is 11.6. The minimum Gasteiger partial charge on any atom is -0.359 e. The van der Waals surface area contributed by atoms with Gasteiger partial charge in [-0.3, -0.25) is 4.79 Å². The molecule has 0 saturated carbocycles. The molecule has 4 nitrogen and oxygen atoms in total. The van der Waals surface area contributed by atoms with Crippen LogP contribution in [0, 0.1) is 0 Å². The molecule has 2 rings (SSSR count). The van der Waals surface area contributed by atoms with Gasteiger partial charge in [0.05, 0.1) is 43.4 Å².